The molecule has 1 aromatic rings. The van der Waals surface area contributed by atoms with Crippen LogP contribution in [0.2, 0.25) is 0 Å². The lowest BCUT2D eigenvalue weighted by Gasteiger charge is -2.14. The first-order valence-electron chi connectivity index (χ1n) is 4.61. The number of rotatable bonds is 4. The van der Waals surface area contributed by atoms with Gasteiger partial charge in [0.05, 0.1) is 0 Å². The summed E-state index contributed by atoms with van der Waals surface area (Å²) in [7, 11) is 0. The fraction of sp³-hybridized carbons (Fsp3) is 0.300. The molecular formula is C10H10F3NO3. The zero-order valence-electron chi connectivity index (χ0n) is 8.57. The molecule has 7 heteroatoms. The highest BCUT2D eigenvalue weighted by atomic mass is 19.4. The second-order valence-corrected chi connectivity index (χ2v) is 3.30. The monoisotopic (exact) mass is 249 g/mol. The molecule has 1 atom stereocenters. The molecule has 0 saturated carbocycles. The van der Waals surface area contributed by atoms with Crippen LogP contribution in [0.1, 0.15) is 5.56 Å². The van der Waals surface area contributed by atoms with Gasteiger partial charge in [-0.15, -0.1) is 13.2 Å². The Morgan fingerprint density at radius 3 is 2.53 bits per heavy atom. The Kier molecular flexibility index (Phi) is 3.95. The van der Waals surface area contributed by atoms with E-state index in [0.717, 1.165) is 6.07 Å². The molecule has 17 heavy (non-hydrogen) atoms. The molecule has 0 heterocycles. The number of hydrogen-bond acceptors (Lipinski definition) is 3. The first-order valence-corrected chi connectivity index (χ1v) is 4.61. The van der Waals surface area contributed by atoms with E-state index in [0.29, 0.717) is 0 Å². The van der Waals surface area contributed by atoms with Crippen molar-refractivity contribution in [2.75, 3.05) is 0 Å². The number of halogens is 3. The van der Waals surface area contributed by atoms with Crippen LogP contribution in [0.15, 0.2) is 24.3 Å². The van der Waals surface area contributed by atoms with Gasteiger partial charge in [-0.05, 0) is 11.6 Å². The van der Waals surface area contributed by atoms with E-state index in [-0.39, 0.29) is 12.0 Å². The van der Waals surface area contributed by atoms with Crippen LogP contribution in [-0.4, -0.2) is 23.5 Å². The number of carboxylic acid groups (broad SMARTS) is 1. The maximum absolute atomic E-state index is 12.0. The highest BCUT2D eigenvalue weighted by Crippen LogP contribution is 2.26. The molecular weight excluding hydrogens is 239 g/mol. The minimum absolute atomic E-state index is 0.0970. The average molecular weight is 249 g/mol. The summed E-state index contributed by atoms with van der Waals surface area (Å²) in [5, 5.41) is 8.58. The van der Waals surface area contributed by atoms with Crippen LogP contribution in [0, 0.1) is 0 Å². The Balaban J connectivity index is 2.88. The number of carbonyl (C=O) groups is 1. The molecule has 0 radical (unpaired) electrons. The molecule has 1 rings (SSSR count). The van der Waals surface area contributed by atoms with Gasteiger partial charge < -0.3 is 15.6 Å². The lowest BCUT2D eigenvalue weighted by Crippen LogP contribution is -2.32. The SMILES string of the molecule is NC(Cc1ccccc1OC(F)(F)F)C(=O)O. The van der Waals surface area contributed by atoms with Crippen LogP contribution in [0.4, 0.5) is 13.2 Å². The van der Waals surface area contributed by atoms with Crippen LogP contribution in [-0.2, 0) is 11.2 Å². The molecule has 0 saturated heterocycles. The smallest absolute Gasteiger partial charge is 0.480 e. The van der Waals surface area contributed by atoms with Crippen molar-refractivity contribution in [3.63, 3.8) is 0 Å². The second-order valence-electron chi connectivity index (χ2n) is 3.30. The van der Waals surface area contributed by atoms with Crippen molar-refractivity contribution >= 4 is 5.97 Å². The maximum atomic E-state index is 12.0. The number of nitrogens with two attached hydrogens (primary N) is 1. The summed E-state index contributed by atoms with van der Waals surface area (Å²) in [6.07, 6.45) is -5.05. The molecule has 1 aromatic carbocycles. The van der Waals surface area contributed by atoms with Gasteiger partial charge in [-0.2, -0.15) is 0 Å². The van der Waals surface area contributed by atoms with Crippen molar-refractivity contribution in [1.82, 2.24) is 0 Å². The van der Waals surface area contributed by atoms with Crippen LogP contribution in [0.3, 0.4) is 0 Å². The van der Waals surface area contributed by atoms with E-state index in [1.807, 2.05) is 0 Å². The van der Waals surface area contributed by atoms with Gasteiger partial charge in [0.25, 0.3) is 0 Å². The predicted molar refractivity (Wildman–Crippen MR) is 52.4 cm³/mol. The van der Waals surface area contributed by atoms with Gasteiger partial charge in [0.2, 0.25) is 0 Å². The quantitative estimate of drug-likeness (QED) is 0.848. The first kappa shape index (κ1) is 13.3. The van der Waals surface area contributed by atoms with Gasteiger partial charge in [0.15, 0.2) is 0 Å². The number of para-hydroxylation sites is 1. The fourth-order valence-corrected chi connectivity index (χ4v) is 1.22. The molecule has 1 unspecified atom stereocenters. The lowest BCUT2D eigenvalue weighted by atomic mass is 10.1. The number of benzene rings is 1. The molecule has 0 spiro atoms. The minimum Gasteiger partial charge on any atom is -0.480 e. The standard InChI is InChI=1S/C10H10F3NO3/c11-10(12,13)17-8-4-2-1-3-6(8)5-7(14)9(15)16/h1-4,7H,5,14H2,(H,15,16). The Bertz CT molecular complexity index is 406. The van der Waals surface area contributed by atoms with Crippen LogP contribution >= 0.6 is 0 Å². The summed E-state index contributed by atoms with van der Waals surface area (Å²) in [4.78, 5) is 10.5. The van der Waals surface area contributed by atoms with Crippen LogP contribution < -0.4 is 10.5 Å². The van der Waals surface area contributed by atoms with E-state index in [1.165, 1.54) is 18.2 Å². The van der Waals surface area contributed by atoms with Crippen molar-refractivity contribution in [3.05, 3.63) is 29.8 Å². The third-order valence-electron chi connectivity index (χ3n) is 1.96. The zero-order valence-corrected chi connectivity index (χ0v) is 8.57. The molecule has 0 fully saturated rings. The summed E-state index contributed by atoms with van der Waals surface area (Å²) < 4.78 is 39.9. The van der Waals surface area contributed by atoms with E-state index in [4.69, 9.17) is 10.8 Å². The molecule has 4 nitrogen and oxygen atoms in total. The van der Waals surface area contributed by atoms with Crippen molar-refractivity contribution < 1.29 is 27.8 Å². The Morgan fingerprint density at radius 1 is 1.41 bits per heavy atom. The number of aliphatic carboxylic acids is 1. The third-order valence-corrected chi connectivity index (χ3v) is 1.96. The number of alkyl halides is 3. The number of carboxylic acids is 1. The van der Waals surface area contributed by atoms with Gasteiger partial charge in [0, 0.05) is 6.42 Å². The number of hydrogen-bond donors (Lipinski definition) is 2. The molecule has 0 aliphatic heterocycles. The third kappa shape index (κ3) is 4.31. The second kappa shape index (κ2) is 5.05. The van der Waals surface area contributed by atoms with Gasteiger partial charge in [-0.1, -0.05) is 18.2 Å². The molecule has 3 N–H and O–H groups in total. The minimum atomic E-state index is -4.82. The largest absolute Gasteiger partial charge is 0.573 e. The normalized spacial score (nSPS) is 13.2. The van der Waals surface area contributed by atoms with Gasteiger partial charge in [-0.25, -0.2) is 0 Å². The molecule has 0 amide bonds. The highest BCUT2D eigenvalue weighted by Gasteiger charge is 2.32. The summed E-state index contributed by atoms with van der Waals surface area (Å²) >= 11 is 0. The molecule has 0 aliphatic carbocycles. The van der Waals surface area contributed by atoms with Crippen molar-refractivity contribution in [2.24, 2.45) is 5.73 Å². The van der Waals surface area contributed by atoms with Crippen LogP contribution in [0.25, 0.3) is 0 Å². The van der Waals surface area contributed by atoms with Crippen LogP contribution in [0.5, 0.6) is 5.75 Å². The van der Waals surface area contributed by atoms with E-state index in [1.54, 1.807) is 0 Å². The summed E-state index contributed by atoms with van der Waals surface area (Å²) in [5.74, 6) is -1.72. The summed E-state index contributed by atoms with van der Waals surface area (Å²) in [6, 6.07) is 4.01. The Labute approximate surface area is 94.8 Å². The summed E-state index contributed by atoms with van der Waals surface area (Å²) in [5.41, 5.74) is 5.34. The van der Waals surface area contributed by atoms with Crippen molar-refractivity contribution in [1.29, 1.82) is 0 Å². The molecule has 0 aliphatic rings. The lowest BCUT2D eigenvalue weighted by molar-refractivity contribution is -0.274. The maximum Gasteiger partial charge on any atom is 0.573 e. The van der Waals surface area contributed by atoms with Gasteiger partial charge >= 0.3 is 12.3 Å². The predicted octanol–water partition coefficient (Wildman–Crippen LogP) is 1.54. The van der Waals surface area contributed by atoms with E-state index in [9.17, 15) is 18.0 Å². The molecule has 0 aromatic heterocycles. The van der Waals surface area contributed by atoms with E-state index < -0.39 is 24.1 Å². The van der Waals surface area contributed by atoms with E-state index in [2.05, 4.69) is 4.74 Å². The zero-order chi connectivity index (χ0) is 13.1. The highest BCUT2D eigenvalue weighted by molar-refractivity contribution is 5.73. The first-order chi connectivity index (χ1) is 7.79. The Morgan fingerprint density at radius 2 is 2.00 bits per heavy atom. The summed E-state index contributed by atoms with van der Waals surface area (Å²) in [6.45, 7) is 0. The Hall–Kier alpha value is -1.76. The van der Waals surface area contributed by atoms with Crippen molar-refractivity contribution in [2.45, 2.75) is 18.8 Å². The van der Waals surface area contributed by atoms with Gasteiger partial charge in [-0.3, -0.25) is 4.79 Å². The van der Waals surface area contributed by atoms with Crippen molar-refractivity contribution in [3.8, 4) is 5.75 Å². The molecule has 94 valence electrons. The van der Waals surface area contributed by atoms with Gasteiger partial charge in [0.1, 0.15) is 11.8 Å². The fourth-order valence-electron chi connectivity index (χ4n) is 1.22. The number of ether oxygens (including phenoxy) is 1. The van der Waals surface area contributed by atoms with E-state index >= 15 is 0 Å². The average Bonchev–Trinajstić information content (AvgIpc) is 2.18. The topological polar surface area (TPSA) is 72.5 Å². The molecule has 0 bridgehead atoms.